The van der Waals surface area contributed by atoms with Gasteiger partial charge < -0.3 is 10.1 Å². The number of nitrogens with one attached hydrogen (secondary N) is 1. The molecule has 6 heteroatoms. The standard InChI is InChI=1S/C16H15N3O3/c1-16(2)14(20)19(15(21)18-16)11-8-9-13(17-10-11)22-12-6-4-3-5-7-12/h3-10H,1-2H3,(H,18,21). The van der Waals surface area contributed by atoms with Crippen molar-refractivity contribution in [2.75, 3.05) is 4.90 Å². The zero-order valence-corrected chi connectivity index (χ0v) is 12.2. The summed E-state index contributed by atoms with van der Waals surface area (Å²) in [6.45, 7) is 3.32. The number of imide groups is 1. The van der Waals surface area contributed by atoms with Crippen LogP contribution in [0.15, 0.2) is 48.7 Å². The molecular weight excluding hydrogens is 282 g/mol. The molecule has 1 aromatic carbocycles. The Kier molecular flexibility index (Phi) is 3.29. The zero-order valence-electron chi connectivity index (χ0n) is 12.2. The van der Waals surface area contributed by atoms with E-state index < -0.39 is 11.6 Å². The van der Waals surface area contributed by atoms with E-state index in [1.165, 1.54) is 6.20 Å². The molecule has 0 atom stereocenters. The van der Waals surface area contributed by atoms with Gasteiger partial charge in [0, 0.05) is 6.07 Å². The minimum Gasteiger partial charge on any atom is -0.439 e. The van der Waals surface area contributed by atoms with Crippen molar-refractivity contribution in [1.82, 2.24) is 10.3 Å². The number of anilines is 1. The van der Waals surface area contributed by atoms with Crippen molar-refractivity contribution in [3.05, 3.63) is 48.7 Å². The van der Waals surface area contributed by atoms with Crippen LogP contribution < -0.4 is 15.0 Å². The fourth-order valence-corrected chi connectivity index (χ4v) is 2.16. The summed E-state index contributed by atoms with van der Waals surface area (Å²) < 4.78 is 5.58. The molecule has 0 bridgehead atoms. The Hall–Kier alpha value is -2.89. The highest BCUT2D eigenvalue weighted by Gasteiger charge is 2.45. The molecule has 3 amide bonds. The first kappa shape index (κ1) is 14.1. The van der Waals surface area contributed by atoms with E-state index in [4.69, 9.17) is 4.74 Å². The normalized spacial score (nSPS) is 16.5. The first-order chi connectivity index (χ1) is 10.5. The van der Waals surface area contributed by atoms with E-state index in [1.54, 1.807) is 26.0 Å². The lowest BCUT2D eigenvalue weighted by Crippen LogP contribution is -2.40. The average molecular weight is 297 g/mol. The molecular formula is C16H15N3O3. The smallest absolute Gasteiger partial charge is 0.329 e. The van der Waals surface area contributed by atoms with Crippen LogP contribution in [0.5, 0.6) is 11.6 Å². The predicted octanol–water partition coefficient (Wildman–Crippen LogP) is 2.71. The molecule has 1 aromatic heterocycles. The molecule has 1 aliphatic heterocycles. The molecule has 6 nitrogen and oxygen atoms in total. The lowest BCUT2D eigenvalue weighted by atomic mass is 10.1. The quantitative estimate of drug-likeness (QED) is 0.884. The molecule has 1 N–H and O–H groups in total. The van der Waals surface area contributed by atoms with Crippen LogP contribution in [0, 0.1) is 0 Å². The summed E-state index contributed by atoms with van der Waals surface area (Å²) in [4.78, 5) is 29.3. The van der Waals surface area contributed by atoms with Crippen LogP contribution in [0.1, 0.15) is 13.8 Å². The third kappa shape index (κ3) is 2.50. The summed E-state index contributed by atoms with van der Waals surface area (Å²) in [5.74, 6) is 0.746. The lowest BCUT2D eigenvalue weighted by molar-refractivity contribution is -0.121. The molecule has 22 heavy (non-hydrogen) atoms. The van der Waals surface area contributed by atoms with Crippen LogP contribution in [-0.2, 0) is 4.79 Å². The molecule has 0 aliphatic carbocycles. The molecule has 0 spiro atoms. The summed E-state index contributed by atoms with van der Waals surface area (Å²) in [7, 11) is 0. The Bertz CT molecular complexity index is 711. The highest BCUT2D eigenvalue weighted by molar-refractivity contribution is 6.22. The number of urea groups is 1. The summed E-state index contributed by atoms with van der Waals surface area (Å²) in [6.07, 6.45) is 1.44. The highest BCUT2D eigenvalue weighted by atomic mass is 16.5. The number of pyridine rings is 1. The number of carbonyl (C=O) groups excluding carboxylic acids is 2. The molecule has 1 saturated heterocycles. The Morgan fingerprint density at radius 1 is 1.09 bits per heavy atom. The number of amides is 3. The second-order valence-electron chi connectivity index (χ2n) is 5.47. The van der Waals surface area contributed by atoms with E-state index in [1.807, 2.05) is 30.3 Å². The molecule has 2 heterocycles. The van der Waals surface area contributed by atoms with Crippen LogP contribution in [-0.4, -0.2) is 22.5 Å². The zero-order chi connectivity index (χ0) is 15.7. The molecule has 0 saturated carbocycles. The minimum atomic E-state index is -0.906. The molecule has 3 rings (SSSR count). The van der Waals surface area contributed by atoms with Crippen molar-refractivity contribution in [1.29, 1.82) is 0 Å². The van der Waals surface area contributed by atoms with Gasteiger partial charge in [0.15, 0.2) is 0 Å². The number of hydrogen-bond acceptors (Lipinski definition) is 4. The molecule has 1 fully saturated rings. The monoisotopic (exact) mass is 297 g/mol. The van der Waals surface area contributed by atoms with Crippen molar-refractivity contribution in [3.63, 3.8) is 0 Å². The van der Waals surface area contributed by atoms with Gasteiger partial charge in [0.05, 0.1) is 11.9 Å². The number of carbonyl (C=O) groups is 2. The van der Waals surface area contributed by atoms with Crippen molar-refractivity contribution in [2.45, 2.75) is 19.4 Å². The van der Waals surface area contributed by atoms with E-state index in [0.29, 0.717) is 17.3 Å². The third-order valence-corrected chi connectivity index (χ3v) is 3.30. The van der Waals surface area contributed by atoms with Gasteiger partial charge in [-0.15, -0.1) is 0 Å². The van der Waals surface area contributed by atoms with Crippen molar-refractivity contribution < 1.29 is 14.3 Å². The Morgan fingerprint density at radius 3 is 2.36 bits per heavy atom. The van der Waals surface area contributed by atoms with Crippen molar-refractivity contribution in [2.24, 2.45) is 0 Å². The number of para-hydroxylation sites is 1. The van der Waals surface area contributed by atoms with Gasteiger partial charge in [-0.3, -0.25) is 4.79 Å². The Balaban J connectivity index is 1.80. The average Bonchev–Trinajstić information content (AvgIpc) is 2.69. The van der Waals surface area contributed by atoms with E-state index in [-0.39, 0.29) is 5.91 Å². The number of rotatable bonds is 3. The summed E-state index contributed by atoms with van der Waals surface area (Å²) >= 11 is 0. The Labute approximate surface area is 127 Å². The van der Waals surface area contributed by atoms with Gasteiger partial charge >= 0.3 is 6.03 Å². The second-order valence-corrected chi connectivity index (χ2v) is 5.47. The fourth-order valence-electron chi connectivity index (χ4n) is 2.16. The van der Waals surface area contributed by atoms with Gasteiger partial charge in [-0.2, -0.15) is 0 Å². The molecule has 0 radical (unpaired) electrons. The largest absolute Gasteiger partial charge is 0.439 e. The number of nitrogens with zero attached hydrogens (tertiary/aromatic N) is 2. The summed E-state index contributed by atoms with van der Waals surface area (Å²) in [5, 5.41) is 2.62. The van der Waals surface area contributed by atoms with E-state index >= 15 is 0 Å². The van der Waals surface area contributed by atoms with Crippen LogP contribution in [0.2, 0.25) is 0 Å². The Morgan fingerprint density at radius 2 is 1.82 bits per heavy atom. The molecule has 1 aliphatic rings. The van der Waals surface area contributed by atoms with Crippen LogP contribution in [0.3, 0.4) is 0 Å². The summed E-state index contributed by atoms with van der Waals surface area (Å²) in [5.41, 5.74) is -0.496. The van der Waals surface area contributed by atoms with Gasteiger partial charge in [0.2, 0.25) is 5.88 Å². The number of benzene rings is 1. The SMILES string of the molecule is CC1(C)NC(=O)N(c2ccc(Oc3ccccc3)nc2)C1=O. The number of ether oxygens (including phenoxy) is 1. The second kappa shape index (κ2) is 5.14. The van der Waals surface area contributed by atoms with Gasteiger partial charge in [-0.05, 0) is 32.0 Å². The minimum absolute atomic E-state index is 0.309. The van der Waals surface area contributed by atoms with Crippen LogP contribution >= 0.6 is 0 Å². The fraction of sp³-hybridized carbons (Fsp3) is 0.188. The van der Waals surface area contributed by atoms with E-state index in [0.717, 1.165) is 4.90 Å². The number of aromatic nitrogens is 1. The summed E-state index contributed by atoms with van der Waals surface area (Å²) in [6, 6.07) is 12.0. The lowest BCUT2D eigenvalue weighted by Gasteiger charge is -2.15. The van der Waals surface area contributed by atoms with Crippen LogP contribution in [0.25, 0.3) is 0 Å². The maximum absolute atomic E-state index is 12.2. The highest BCUT2D eigenvalue weighted by Crippen LogP contribution is 2.26. The van der Waals surface area contributed by atoms with Crippen molar-refractivity contribution in [3.8, 4) is 11.6 Å². The number of hydrogen-bond donors (Lipinski definition) is 1. The maximum atomic E-state index is 12.2. The van der Waals surface area contributed by atoms with E-state index in [2.05, 4.69) is 10.3 Å². The molecule has 112 valence electrons. The van der Waals surface area contributed by atoms with Gasteiger partial charge in [-0.1, -0.05) is 18.2 Å². The first-order valence-electron chi connectivity index (χ1n) is 6.83. The predicted molar refractivity (Wildman–Crippen MR) is 80.8 cm³/mol. The van der Waals surface area contributed by atoms with Gasteiger partial charge in [0.25, 0.3) is 5.91 Å². The first-order valence-corrected chi connectivity index (χ1v) is 6.83. The molecule has 2 aromatic rings. The third-order valence-electron chi connectivity index (χ3n) is 3.30. The topological polar surface area (TPSA) is 71.5 Å². The van der Waals surface area contributed by atoms with Gasteiger partial charge in [0.1, 0.15) is 11.3 Å². The maximum Gasteiger partial charge on any atom is 0.329 e. The molecule has 0 unspecified atom stereocenters. The van der Waals surface area contributed by atoms with E-state index in [9.17, 15) is 9.59 Å². The van der Waals surface area contributed by atoms with Gasteiger partial charge in [-0.25, -0.2) is 14.7 Å². The van der Waals surface area contributed by atoms with Crippen molar-refractivity contribution >= 4 is 17.6 Å². The van der Waals surface area contributed by atoms with Crippen LogP contribution in [0.4, 0.5) is 10.5 Å².